The molecule has 1 atom stereocenters. The number of nitrogens with zero attached hydrogens (tertiary/aromatic N) is 2. The Bertz CT molecular complexity index is 351. The van der Waals surface area contributed by atoms with E-state index in [9.17, 15) is 0 Å². The molecule has 0 radical (unpaired) electrons. The summed E-state index contributed by atoms with van der Waals surface area (Å²) in [6, 6.07) is 1.46. The van der Waals surface area contributed by atoms with Crippen molar-refractivity contribution in [2.75, 3.05) is 26.7 Å². The Morgan fingerprint density at radius 3 is 2.74 bits per heavy atom. The lowest BCUT2D eigenvalue weighted by Crippen LogP contribution is -2.44. The van der Waals surface area contributed by atoms with Crippen LogP contribution in [-0.4, -0.2) is 49.6 Å². The van der Waals surface area contributed by atoms with Gasteiger partial charge in [-0.2, -0.15) is 0 Å². The molecular weight excluding hydrogens is 236 g/mol. The van der Waals surface area contributed by atoms with Gasteiger partial charge in [-0.25, -0.2) is 0 Å². The average Bonchev–Trinajstić information content (AvgIpc) is 2.96. The van der Waals surface area contributed by atoms with Crippen molar-refractivity contribution in [2.24, 2.45) is 10.9 Å². The zero-order chi connectivity index (χ0) is 13.1. The number of aliphatic imine (C=N–C) groups is 1. The van der Waals surface area contributed by atoms with E-state index in [1.807, 2.05) is 7.05 Å². The molecule has 106 valence electrons. The average molecular weight is 262 g/mol. The number of guanidine groups is 1. The van der Waals surface area contributed by atoms with Crippen molar-refractivity contribution in [3.05, 3.63) is 12.2 Å². The Labute approximate surface area is 116 Å². The standard InChI is InChI=1S/C15H26N4/c1-16-15(18-13-4-2-3-5-13)17-10-12-8-9-19(11-12)14-6-7-14/h2-3,12-14H,4-11H2,1H3,(H2,16,17,18). The molecule has 2 fully saturated rings. The molecule has 3 rings (SSSR count). The van der Waals surface area contributed by atoms with E-state index in [1.165, 1.54) is 32.4 Å². The smallest absolute Gasteiger partial charge is 0.191 e. The summed E-state index contributed by atoms with van der Waals surface area (Å²) in [6.07, 6.45) is 10.9. The van der Waals surface area contributed by atoms with Crippen molar-refractivity contribution in [2.45, 2.75) is 44.2 Å². The number of nitrogens with one attached hydrogen (secondary N) is 2. The molecule has 4 nitrogen and oxygen atoms in total. The van der Waals surface area contributed by atoms with Crippen LogP contribution in [0.2, 0.25) is 0 Å². The van der Waals surface area contributed by atoms with E-state index in [1.54, 1.807) is 0 Å². The summed E-state index contributed by atoms with van der Waals surface area (Å²) in [6.45, 7) is 3.64. The van der Waals surface area contributed by atoms with Crippen LogP contribution in [0.4, 0.5) is 0 Å². The second-order valence-electron chi connectivity index (χ2n) is 6.12. The van der Waals surface area contributed by atoms with E-state index in [-0.39, 0.29) is 0 Å². The Morgan fingerprint density at radius 2 is 2.05 bits per heavy atom. The van der Waals surface area contributed by atoms with Crippen LogP contribution in [0.3, 0.4) is 0 Å². The van der Waals surface area contributed by atoms with Crippen LogP contribution in [-0.2, 0) is 0 Å². The highest BCUT2D eigenvalue weighted by molar-refractivity contribution is 5.80. The summed E-state index contributed by atoms with van der Waals surface area (Å²) in [5, 5.41) is 7.00. The first-order chi connectivity index (χ1) is 9.35. The molecule has 0 amide bonds. The molecule has 19 heavy (non-hydrogen) atoms. The SMILES string of the molecule is CN=C(NCC1CCN(C2CC2)C1)NC1CC=CC1. The predicted molar refractivity (Wildman–Crippen MR) is 79.4 cm³/mol. The number of rotatable bonds is 4. The first-order valence-electron chi connectivity index (χ1n) is 7.71. The van der Waals surface area contributed by atoms with E-state index in [2.05, 4.69) is 32.7 Å². The second kappa shape index (κ2) is 5.95. The molecule has 0 spiro atoms. The molecule has 4 heteroatoms. The van der Waals surface area contributed by atoms with Crippen LogP contribution in [0.1, 0.15) is 32.1 Å². The van der Waals surface area contributed by atoms with Gasteiger partial charge in [-0.1, -0.05) is 12.2 Å². The van der Waals surface area contributed by atoms with Crippen LogP contribution in [0, 0.1) is 5.92 Å². The zero-order valence-electron chi connectivity index (χ0n) is 11.9. The van der Waals surface area contributed by atoms with Gasteiger partial charge in [0.25, 0.3) is 0 Å². The summed E-state index contributed by atoms with van der Waals surface area (Å²) in [7, 11) is 1.86. The lowest BCUT2D eigenvalue weighted by molar-refractivity contribution is 0.314. The summed E-state index contributed by atoms with van der Waals surface area (Å²) in [5.41, 5.74) is 0. The van der Waals surface area contributed by atoms with E-state index in [0.717, 1.165) is 37.3 Å². The van der Waals surface area contributed by atoms with Crippen LogP contribution in [0.15, 0.2) is 17.1 Å². The maximum Gasteiger partial charge on any atom is 0.191 e. The van der Waals surface area contributed by atoms with Gasteiger partial charge in [0.1, 0.15) is 0 Å². The summed E-state index contributed by atoms with van der Waals surface area (Å²) >= 11 is 0. The van der Waals surface area contributed by atoms with Crippen LogP contribution < -0.4 is 10.6 Å². The van der Waals surface area contributed by atoms with Gasteiger partial charge in [0.2, 0.25) is 0 Å². The topological polar surface area (TPSA) is 39.7 Å². The minimum Gasteiger partial charge on any atom is -0.356 e. The molecule has 2 N–H and O–H groups in total. The van der Waals surface area contributed by atoms with E-state index in [0.29, 0.717) is 6.04 Å². The normalized spacial score (nSPS) is 29.1. The Morgan fingerprint density at radius 1 is 1.26 bits per heavy atom. The maximum atomic E-state index is 4.33. The molecule has 1 unspecified atom stereocenters. The monoisotopic (exact) mass is 262 g/mol. The van der Waals surface area contributed by atoms with Crippen molar-refractivity contribution < 1.29 is 0 Å². The molecular formula is C15H26N4. The highest BCUT2D eigenvalue weighted by atomic mass is 15.2. The van der Waals surface area contributed by atoms with E-state index in [4.69, 9.17) is 0 Å². The van der Waals surface area contributed by atoms with Gasteiger partial charge >= 0.3 is 0 Å². The number of likely N-dealkylation sites (tertiary alicyclic amines) is 1. The second-order valence-corrected chi connectivity index (χ2v) is 6.12. The van der Waals surface area contributed by atoms with Gasteiger partial charge in [0.15, 0.2) is 5.96 Å². The van der Waals surface area contributed by atoms with Crippen LogP contribution in [0.25, 0.3) is 0 Å². The molecule has 0 aromatic carbocycles. The lowest BCUT2D eigenvalue weighted by Gasteiger charge is -2.19. The Hall–Kier alpha value is -1.03. The highest BCUT2D eigenvalue weighted by Gasteiger charge is 2.34. The Kier molecular flexibility index (Phi) is 4.06. The van der Waals surface area contributed by atoms with Gasteiger partial charge in [0.05, 0.1) is 0 Å². The van der Waals surface area contributed by atoms with Gasteiger partial charge < -0.3 is 15.5 Å². The van der Waals surface area contributed by atoms with Crippen molar-refractivity contribution in [3.8, 4) is 0 Å². The van der Waals surface area contributed by atoms with Crippen molar-refractivity contribution in [1.82, 2.24) is 15.5 Å². The first kappa shape index (κ1) is 13.0. The highest BCUT2D eigenvalue weighted by Crippen LogP contribution is 2.31. The van der Waals surface area contributed by atoms with E-state index >= 15 is 0 Å². The molecule has 3 aliphatic rings. The van der Waals surface area contributed by atoms with Crippen LogP contribution >= 0.6 is 0 Å². The quantitative estimate of drug-likeness (QED) is 0.456. The molecule has 1 saturated heterocycles. The zero-order valence-corrected chi connectivity index (χ0v) is 11.9. The number of hydrogen-bond donors (Lipinski definition) is 2. The predicted octanol–water partition coefficient (Wildman–Crippen LogP) is 1.35. The van der Waals surface area contributed by atoms with E-state index < -0.39 is 0 Å². The van der Waals surface area contributed by atoms with Crippen molar-refractivity contribution in [3.63, 3.8) is 0 Å². The lowest BCUT2D eigenvalue weighted by atomic mass is 10.1. The van der Waals surface area contributed by atoms with Gasteiger partial charge in [-0.05, 0) is 44.6 Å². The summed E-state index contributed by atoms with van der Waals surface area (Å²) in [5.74, 6) is 1.76. The molecule has 0 aromatic rings. The number of hydrogen-bond acceptors (Lipinski definition) is 2. The molecule has 0 bridgehead atoms. The van der Waals surface area contributed by atoms with Crippen molar-refractivity contribution in [1.29, 1.82) is 0 Å². The fourth-order valence-electron chi connectivity index (χ4n) is 3.16. The van der Waals surface area contributed by atoms with Gasteiger partial charge in [0, 0.05) is 32.2 Å². The third kappa shape index (κ3) is 3.50. The van der Waals surface area contributed by atoms with Gasteiger partial charge in [-0.15, -0.1) is 0 Å². The molecule has 2 aliphatic carbocycles. The summed E-state index contributed by atoms with van der Waals surface area (Å²) in [4.78, 5) is 7.00. The minimum absolute atomic E-state index is 0.540. The first-order valence-corrected chi connectivity index (χ1v) is 7.71. The molecule has 1 saturated carbocycles. The van der Waals surface area contributed by atoms with Gasteiger partial charge in [-0.3, -0.25) is 4.99 Å². The van der Waals surface area contributed by atoms with Crippen molar-refractivity contribution >= 4 is 5.96 Å². The third-order valence-corrected chi connectivity index (χ3v) is 4.51. The largest absolute Gasteiger partial charge is 0.356 e. The summed E-state index contributed by atoms with van der Waals surface area (Å²) < 4.78 is 0. The Balaban J connectivity index is 1.38. The minimum atomic E-state index is 0.540. The maximum absolute atomic E-state index is 4.33. The fourth-order valence-corrected chi connectivity index (χ4v) is 3.16. The van der Waals surface area contributed by atoms with Crippen LogP contribution in [0.5, 0.6) is 0 Å². The fraction of sp³-hybridized carbons (Fsp3) is 0.800. The third-order valence-electron chi connectivity index (χ3n) is 4.51. The molecule has 1 heterocycles. The molecule has 0 aromatic heterocycles. The molecule has 1 aliphatic heterocycles.